The van der Waals surface area contributed by atoms with Gasteiger partial charge in [-0.15, -0.1) is 0 Å². The van der Waals surface area contributed by atoms with Crippen molar-refractivity contribution in [1.82, 2.24) is 5.43 Å². The van der Waals surface area contributed by atoms with Crippen LogP contribution in [-0.4, -0.2) is 31.0 Å². The van der Waals surface area contributed by atoms with Gasteiger partial charge in [0.25, 0.3) is 0 Å². The van der Waals surface area contributed by atoms with Crippen LogP contribution in [0.2, 0.25) is 0 Å². The van der Waals surface area contributed by atoms with Crippen molar-refractivity contribution >= 4 is 29.6 Å². The molecule has 0 spiro atoms. The number of hydrazone groups is 1. The van der Waals surface area contributed by atoms with Gasteiger partial charge in [-0.3, -0.25) is 14.4 Å². The molecule has 1 N–H and O–H groups in total. The molecule has 8 rings (SSSR count). The number of methoxy groups -OCH3 is 1. The third kappa shape index (κ3) is 3.13. The molecular weight excluding hydrogens is 506 g/mol. The summed E-state index contributed by atoms with van der Waals surface area (Å²) in [6.07, 6.45) is 1.63. The summed E-state index contributed by atoms with van der Waals surface area (Å²) in [5.74, 6) is -1.66. The number of benzene rings is 3. The van der Waals surface area contributed by atoms with Gasteiger partial charge in [0.05, 0.1) is 30.0 Å². The largest absolute Gasteiger partial charge is 0.495 e. The Kier molecular flexibility index (Phi) is 5.28. The van der Waals surface area contributed by atoms with Crippen LogP contribution >= 0.6 is 0 Å². The lowest BCUT2D eigenvalue weighted by Crippen LogP contribution is -2.54. The number of ether oxygens (including phenoxy) is 1. The molecule has 0 radical (unpaired) electrons. The Morgan fingerprint density at radius 2 is 1.57 bits per heavy atom. The molecule has 4 aromatic rings. The fourth-order valence-electron chi connectivity index (χ4n) is 6.91. The molecule has 4 aliphatic rings. The smallest absolute Gasteiger partial charge is 0.307 e. The van der Waals surface area contributed by atoms with E-state index in [1.165, 1.54) is 12.0 Å². The number of nitrogens with one attached hydrogen (secondary N) is 1. The standard InChI is InChI=1S/C32H25N3O5/c1-18-15-16-25(40-18)29(36)34-33-17-32-21-11-5-3-9-19(21)26(20-10-4-6-12-22(20)32)27-28(32)31(38)35(30(27)37)23-13-7-8-14-24(23)39-2/h3-17,26-28H,1-2H3,(H,34,36)/b33-17-/t26?,27-,28-,32?/m1/s1. The second-order valence-corrected chi connectivity index (χ2v) is 10.3. The highest BCUT2D eigenvalue weighted by molar-refractivity contribution is 6.25. The van der Waals surface area contributed by atoms with Gasteiger partial charge in [-0.2, -0.15) is 5.10 Å². The average Bonchev–Trinajstić information content (AvgIpc) is 3.54. The lowest BCUT2D eigenvalue weighted by Gasteiger charge is -2.52. The summed E-state index contributed by atoms with van der Waals surface area (Å²) < 4.78 is 11.0. The third-order valence-electron chi connectivity index (χ3n) is 8.41. The molecule has 1 aliphatic heterocycles. The molecule has 8 heteroatoms. The summed E-state index contributed by atoms with van der Waals surface area (Å²) in [6.45, 7) is 1.75. The highest BCUT2D eigenvalue weighted by Gasteiger charge is 2.68. The number of furan rings is 1. The van der Waals surface area contributed by atoms with Crippen LogP contribution in [0, 0.1) is 18.8 Å². The minimum absolute atomic E-state index is 0.132. The molecule has 8 nitrogen and oxygen atoms in total. The number of rotatable bonds is 5. The van der Waals surface area contributed by atoms with Gasteiger partial charge in [-0.25, -0.2) is 10.3 Å². The number of imide groups is 1. The zero-order valence-electron chi connectivity index (χ0n) is 21.8. The van der Waals surface area contributed by atoms with Crippen LogP contribution in [0.4, 0.5) is 5.69 Å². The number of hydrogen-bond acceptors (Lipinski definition) is 6. The van der Waals surface area contributed by atoms with Gasteiger partial charge in [0.2, 0.25) is 11.8 Å². The minimum Gasteiger partial charge on any atom is -0.495 e. The zero-order chi connectivity index (χ0) is 27.6. The van der Waals surface area contributed by atoms with E-state index in [0.29, 0.717) is 17.2 Å². The van der Waals surface area contributed by atoms with Crippen molar-refractivity contribution in [3.8, 4) is 5.75 Å². The number of para-hydroxylation sites is 2. The Balaban J connectivity index is 1.42. The van der Waals surface area contributed by atoms with E-state index in [1.807, 2.05) is 48.5 Å². The van der Waals surface area contributed by atoms with Crippen molar-refractivity contribution in [2.75, 3.05) is 12.0 Å². The van der Waals surface area contributed by atoms with Crippen LogP contribution in [0.3, 0.4) is 0 Å². The van der Waals surface area contributed by atoms with E-state index >= 15 is 0 Å². The van der Waals surface area contributed by atoms with E-state index in [1.54, 1.807) is 49.5 Å². The zero-order valence-corrected chi connectivity index (χ0v) is 21.8. The Labute approximate surface area is 230 Å². The highest BCUT2D eigenvalue weighted by Crippen LogP contribution is 2.63. The monoisotopic (exact) mass is 531 g/mol. The molecule has 40 heavy (non-hydrogen) atoms. The lowest BCUT2D eigenvalue weighted by molar-refractivity contribution is -0.122. The highest BCUT2D eigenvalue weighted by atomic mass is 16.5. The van der Waals surface area contributed by atoms with Crippen molar-refractivity contribution < 1.29 is 23.5 Å². The summed E-state index contributed by atoms with van der Waals surface area (Å²) in [6, 6.07) is 26.1. The van der Waals surface area contributed by atoms with Gasteiger partial charge in [-0.1, -0.05) is 60.7 Å². The molecule has 2 heterocycles. The maximum atomic E-state index is 14.4. The van der Waals surface area contributed by atoms with Crippen molar-refractivity contribution in [1.29, 1.82) is 0 Å². The topological polar surface area (TPSA) is 101 Å². The first-order chi connectivity index (χ1) is 19.5. The molecule has 3 aliphatic carbocycles. The SMILES string of the molecule is COc1ccccc1N1C(=O)[C@@H]2C3c4ccccc4C(/C=N\NC(=O)c4ccc(C)o4)(c4ccccc43)[C@H]2C1=O. The average molecular weight is 532 g/mol. The maximum absolute atomic E-state index is 14.4. The van der Waals surface area contributed by atoms with E-state index < -0.39 is 23.2 Å². The summed E-state index contributed by atoms with van der Waals surface area (Å²) in [7, 11) is 1.52. The first-order valence-electron chi connectivity index (χ1n) is 13.1. The number of anilines is 1. The number of carbonyl (C=O) groups excluding carboxylic acids is 3. The minimum atomic E-state index is -1.09. The molecule has 1 fully saturated rings. The van der Waals surface area contributed by atoms with E-state index in [4.69, 9.17) is 9.15 Å². The summed E-state index contributed by atoms with van der Waals surface area (Å²) in [5.41, 5.74) is 5.64. The van der Waals surface area contributed by atoms with Crippen molar-refractivity contribution in [3.63, 3.8) is 0 Å². The molecular formula is C32H25N3O5. The van der Waals surface area contributed by atoms with E-state index in [9.17, 15) is 14.4 Å². The number of amides is 3. The second kappa shape index (κ2) is 8.77. The molecule has 2 bridgehead atoms. The lowest BCUT2D eigenvalue weighted by atomic mass is 9.47. The van der Waals surface area contributed by atoms with Gasteiger partial charge in [0.15, 0.2) is 5.76 Å². The number of hydrogen-bond donors (Lipinski definition) is 1. The summed E-state index contributed by atoms with van der Waals surface area (Å²) >= 11 is 0. The van der Waals surface area contributed by atoms with Crippen LogP contribution in [0.5, 0.6) is 5.75 Å². The van der Waals surface area contributed by atoms with Gasteiger partial charge in [-0.05, 0) is 53.4 Å². The van der Waals surface area contributed by atoms with Crippen LogP contribution in [0.25, 0.3) is 0 Å². The van der Waals surface area contributed by atoms with Gasteiger partial charge >= 0.3 is 5.91 Å². The van der Waals surface area contributed by atoms with Gasteiger partial charge in [0.1, 0.15) is 11.5 Å². The second-order valence-electron chi connectivity index (χ2n) is 10.3. The molecule has 3 amide bonds. The van der Waals surface area contributed by atoms with E-state index in [-0.39, 0.29) is 23.5 Å². The Morgan fingerprint density at radius 1 is 0.925 bits per heavy atom. The van der Waals surface area contributed by atoms with Crippen LogP contribution < -0.4 is 15.1 Å². The first-order valence-corrected chi connectivity index (χ1v) is 13.1. The van der Waals surface area contributed by atoms with Crippen molar-refractivity contribution in [2.24, 2.45) is 16.9 Å². The van der Waals surface area contributed by atoms with Crippen molar-refractivity contribution in [2.45, 2.75) is 18.3 Å². The van der Waals surface area contributed by atoms with Gasteiger partial charge in [0, 0.05) is 12.1 Å². The third-order valence-corrected chi connectivity index (χ3v) is 8.41. The van der Waals surface area contributed by atoms with Gasteiger partial charge < -0.3 is 9.15 Å². The predicted molar refractivity (Wildman–Crippen MR) is 147 cm³/mol. The Morgan fingerprint density at radius 3 is 2.23 bits per heavy atom. The fourth-order valence-corrected chi connectivity index (χ4v) is 6.91. The van der Waals surface area contributed by atoms with E-state index in [0.717, 1.165) is 22.3 Å². The quantitative estimate of drug-likeness (QED) is 0.231. The first kappa shape index (κ1) is 24.1. The van der Waals surface area contributed by atoms with Crippen LogP contribution in [-0.2, 0) is 15.0 Å². The molecule has 198 valence electrons. The Hall–Kier alpha value is -4.98. The van der Waals surface area contributed by atoms with Crippen LogP contribution in [0.1, 0.15) is 44.5 Å². The molecule has 0 saturated carbocycles. The molecule has 1 aromatic heterocycles. The Bertz CT molecular complexity index is 1690. The van der Waals surface area contributed by atoms with E-state index in [2.05, 4.69) is 10.5 Å². The summed E-state index contributed by atoms with van der Waals surface area (Å²) in [5, 5.41) is 4.41. The van der Waals surface area contributed by atoms with Crippen molar-refractivity contribution in [3.05, 3.63) is 119 Å². The number of nitrogens with zero attached hydrogens (tertiary/aromatic N) is 2. The molecule has 2 atom stereocenters. The molecule has 0 unspecified atom stereocenters. The molecule has 3 aromatic carbocycles. The van der Waals surface area contributed by atoms with Crippen LogP contribution in [0.15, 0.2) is 94.4 Å². The predicted octanol–water partition coefficient (Wildman–Crippen LogP) is 4.56. The number of carbonyl (C=O) groups is 3. The number of aryl methyl sites for hydroxylation is 1. The summed E-state index contributed by atoms with van der Waals surface area (Å²) in [4.78, 5) is 42.8. The fraction of sp³-hybridized carbons (Fsp3) is 0.188. The maximum Gasteiger partial charge on any atom is 0.307 e. The molecule has 1 saturated heterocycles. The normalized spacial score (nSPS) is 24.1.